The molecule has 6 rings (SSSR count). The molecule has 12 heteroatoms. The van der Waals surface area contributed by atoms with Gasteiger partial charge < -0.3 is 13.7 Å². The topological polar surface area (TPSA) is 96.3 Å². The lowest BCUT2D eigenvalue weighted by molar-refractivity contribution is 0.0914. The van der Waals surface area contributed by atoms with Crippen molar-refractivity contribution in [2.75, 3.05) is 6.61 Å². The first-order valence-corrected chi connectivity index (χ1v) is 18.4. The van der Waals surface area contributed by atoms with Crippen molar-refractivity contribution in [2.24, 2.45) is 0 Å². The van der Waals surface area contributed by atoms with E-state index in [2.05, 4.69) is 24.6 Å². The van der Waals surface area contributed by atoms with Crippen LogP contribution in [0.2, 0.25) is 25.7 Å². The number of nitrogens with zero attached hydrogens (tertiary/aromatic N) is 3. The third-order valence-corrected chi connectivity index (χ3v) is 10.5. The summed E-state index contributed by atoms with van der Waals surface area (Å²) in [7, 11) is -5.38. The number of rotatable bonds is 8. The van der Waals surface area contributed by atoms with Gasteiger partial charge in [0.2, 0.25) is 0 Å². The quantitative estimate of drug-likeness (QED) is 0.110. The fourth-order valence-electron chi connectivity index (χ4n) is 5.02. The zero-order valence-electron chi connectivity index (χ0n) is 23.1. The van der Waals surface area contributed by atoms with Crippen molar-refractivity contribution >= 4 is 51.0 Å². The van der Waals surface area contributed by atoms with Crippen molar-refractivity contribution in [3.05, 3.63) is 95.1 Å². The van der Waals surface area contributed by atoms with Crippen molar-refractivity contribution in [3.8, 4) is 11.3 Å². The molecule has 0 radical (unpaired) electrons. The lowest BCUT2D eigenvalue weighted by Gasteiger charge is -2.17. The Balaban J connectivity index is 1.59. The van der Waals surface area contributed by atoms with Crippen molar-refractivity contribution < 1.29 is 26.4 Å². The summed E-state index contributed by atoms with van der Waals surface area (Å²) < 4.78 is 70.4. The fourth-order valence-corrected chi connectivity index (χ4v) is 7.10. The summed E-state index contributed by atoms with van der Waals surface area (Å²) >= 11 is 0. The van der Waals surface area contributed by atoms with Crippen LogP contribution in [0.1, 0.15) is 0 Å². The second-order valence-electron chi connectivity index (χ2n) is 11.2. The average Bonchev–Trinajstić information content (AvgIpc) is 3.54. The van der Waals surface area contributed by atoms with Crippen molar-refractivity contribution in [1.29, 1.82) is 0 Å². The molecule has 0 atom stereocenters. The molecule has 0 spiro atoms. The molecular formula is C30H27F2N3O5SSi. The number of aromatic nitrogens is 3. The first-order valence-electron chi connectivity index (χ1n) is 13.3. The summed E-state index contributed by atoms with van der Waals surface area (Å²) in [5, 5.41) is 0.516. The Morgan fingerprint density at radius 3 is 2.50 bits per heavy atom. The lowest BCUT2D eigenvalue weighted by Crippen LogP contribution is -2.22. The molecule has 6 aromatic rings. The summed E-state index contributed by atoms with van der Waals surface area (Å²) in [5.74, 6) is -1.75. The second-order valence-corrected chi connectivity index (χ2v) is 18.7. The SMILES string of the molecule is C[Si](C)(C)CCOCn1c(-c2ccnc3c2ccn3S(=O)(=O)c2ccccc2)cc2c(=O)oc3cc(F)cc(F)c3c21. The molecule has 4 heterocycles. The van der Waals surface area contributed by atoms with Crippen LogP contribution in [0.3, 0.4) is 0 Å². The first kappa shape index (κ1) is 28.0. The van der Waals surface area contributed by atoms with Crippen LogP contribution in [-0.4, -0.2) is 36.6 Å². The Labute approximate surface area is 240 Å². The highest BCUT2D eigenvalue weighted by Crippen LogP contribution is 2.36. The molecule has 0 saturated carbocycles. The van der Waals surface area contributed by atoms with Crippen LogP contribution in [0.4, 0.5) is 8.78 Å². The summed E-state index contributed by atoms with van der Waals surface area (Å²) in [6, 6.07) is 15.5. The van der Waals surface area contributed by atoms with Gasteiger partial charge in [0.05, 0.1) is 26.9 Å². The van der Waals surface area contributed by atoms with Crippen LogP contribution in [0.25, 0.3) is 44.2 Å². The van der Waals surface area contributed by atoms with Gasteiger partial charge in [0.15, 0.2) is 5.65 Å². The summed E-state index contributed by atoms with van der Waals surface area (Å²) in [5.41, 5.74) is 0.393. The molecule has 216 valence electrons. The monoisotopic (exact) mass is 607 g/mol. The van der Waals surface area contributed by atoms with Gasteiger partial charge in [-0.3, -0.25) is 0 Å². The largest absolute Gasteiger partial charge is 0.422 e. The number of pyridine rings is 1. The van der Waals surface area contributed by atoms with Crippen molar-refractivity contribution in [3.63, 3.8) is 0 Å². The maximum absolute atomic E-state index is 15.3. The maximum Gasteiger partial charge on any atom is 0.345 e. The van der Waals surface area contributed by atoms with Crippen molar-refractivity contribution in [1.82, 2.24) is 13.5 Å². The molecule has 0 amide bonds. The van der Waals surface area contributed by atoms with Gasteiger partial charge in [-0.1, -0.05) is 37.8 Å². The molecule has 0 aliphatic rings. The molecule has 0 bridgehead atoms. The van der Waals surface area contributed by atoms with Gasteiger partial charge in [0.1, 0.15) is 23.9 Å². The molecule has 0 N–H and O–H groups in total. The van der Waals surface area contributed by atoms with Crippen LogP contribution < -0.4 is 5.63 Å². The highest BCUT2D eigenvalue weighted by molar-refractivity contribution is 7.90. The van der Waals surface area contributed by atoms with E-state index >= 15 is 4.39 Å². The van der Waals surface area contributed by atoms with Gasteiger partial charge in [0, 0.05) is 50.2 Å². The second kappa shape index (κ2) is 10.3. The van der Waals surface area contributed by atoms with Crippen LogP contribution in [0.15, 0.2) is 87.2 Å². The van der Waals surface area contributed by atoms with Gasteiger partial charge in [-0.05, 0) is 36.4 Å². The van der Waals surface area contributed by atoms with Crippen LogP contribution in [-0.2, 0) is 21.5 Å². The van der Waals surface area contributed by atoms with E-state index in [-0.39, 0.29) is 39.1 Å². The van der Waals surface area contributed by atoms with Crippen LogP contribution in [0, 0.1) is 11.6 Å². The van der Waals surface area contributed by atoms with E-state index < -0.39 is 35.4 Å². The minimum absolute atomic E-state index is 0.0362. The summed E-state index contributed by atoms with van der Waals surface area (Å²) in [6.07, 6.45) is 2.90. The Bertz CT molecular complexity index is 2150. The number of hydrogen-bond donors (Lipinski definition) is 0. The number of fused-ring (bicyclic) bond motifs is 4. The summed E-state index contributed by atoms with van der Waals surface area (Å²) in [6.45, 7) is 7.07. The molecular weight excluding hydrogens is 580 g/mol. The van der Waals surface area contributed by atoms with E-state index in [0.717, 1.165) is 22.1 Å². The zero-order chi connectivity index (χ0) is 29.8. The minimum Gasteiger partial charge on any atom is -0.422 e. The van der Waals surface area contributed by atoms with E-state index in [1.165, 1.54) is 24.5 Å². The molecule has 0 aliphatic carbocycles. The molecule has 2 aromatic carbocycles. The van der Waals surface area contributed by atoms with E-state index in [0.29, 0.717) is 23.3 Å². The highest BCUT2D eigenvalue weighted by Gasteiger charge is 2.25. The number of ether oxygens (including phenoxy) is 1. The van der Waals surface area contributed by atoms with E-state index in [1.54, 1.807) is 41.0 Å². The predicted molar refractivity (Wildman–Crippen MR) is 160 cm³/mol. The molecule has 0 aliphatic heterocycles. The Kier molecular flexibility index (Phi) is 6.87. The van der Waals surface area contributed by atoms with Crippen LogP contribution >= 0.6 is 0 Å². The van der Waals surface area contributed by atoms with E-state index in [9.17, 15) is 17.6 Å². The number of halogens is 2. The molecule has 0 saturated heterocycles. The molecule has 4 aromatic heterocycles. The average molecular weight is 608 g/mol. The van der Waals surface area contributed by atoms with Gasteiger partial charge >= 0.3 is 5.63 Å². The maximum atomic E-state index is 15.3. The van der Waals surface area contributed by atoms with Gasteiger partial charge in [0.25, 0.3) is 10.0 Å². The molecule has 42 heavy (non-hydrogen) atoms. The Morgan fingerprint density at radius 2 is 1.76 bits per heavy atom. The van der Waals surface area contributed by atoms with Crippen molar-refractivity contribution in [2.45, 2.75) is 37.3 Å². The first-order chi connectivity index (χ1) is 20.0. The number of hydrogen-bond acceptors (Lipinski definition) is 6. The van der Waals surface area contributed by atoms with Gasteiger partial charge in [-0.25, -0.2) is 30.9 Å². The minimum atomic E-state index is -3.96. The van der Waals surface area contributed by atoms with E-state index in [4.69, 9.17) is 9.15 Å². The Hall–Kier alpha value is -4.13. The number of benzene rings is 2. The molecule has 0 fully saturated rings. The van der Waals surface area contributed by atoms with E-state index in [1.807, 2.05) is 0 Å². The van der Waals surface area contributed by atoms with Crippen LogP contribution in [0.5, 0.6) is 0 Å². The third-order valence-electron chi connectivity index (χ3n) is 7.12. The molecule has 8 nitrogen and oxygen atoms in total. The smallest absolute Gasteiger partial charge is 0.345 e. The molecule has 0 unspecified atom stereocenters. The Morgan fingerprint density at radius 1 is 1.00 bits per heavy atom. The lowest BCUT2D eigenvalue weighted by atomic mass is 10.1. The summed E-state index contributed by atoms with van der Waals surface area (Å²) in [4.78, 5) is 17.5. The standard InChI is InChI=1S/C30H27F2N3O5SSi/c1-42(2,3)14-13-39-18-34-25(17-23-28(34)27-24(32)15-19(31)16-26(27)40-30(23)36)21-9-11-33-29-22(21)10-12-35(29)41(37,38)20-7-5-4-6-8-20/h4-12,15-17H,13-14,18H2,1-3H3. The van der Waals surface area contributed by atoms with Gasteiger partial charge in [-0.2, -0.15) is 0 Å². The predicted octanol–water partition coefficient (Wildman–Crippen LogP) is 6.59. The van der Waals surface area contributed by atoms with Gasteiger partial charge in [-0.15, -0.1) is 0 Å². The third kappa shape index (κ3) is 4.84. The zero-order valence-corrected chi connectivity index (χ0v) is 24.9. The fraction of sp³-hybridized carbons (Fsp3) is 0.200. The normalized spacial score (nSPS) is 12.6. The highest BCUT2D eigenvalue weighted by atomic mass is 32.2.